The molecule has 2 aliphatic rings. The van der Waals surface area contributed by atoms with Crippen LogP contribution >= 0.6 is 0 Å². The minimum atomic E-state index is 0.192. The lowest BCUT2D eigenvalue weighted by atomic mass is 10.1. The first-order valence-corrected chi connectivity index (χ1v) is 5.45. The molecule has 0 aromatic carbocycles. The Kier molecular flexibility index (Phi) is 3.37. The molecular formula is C10H18N2O2. The third kappa shape index (κ3) is 2.45. The molecule has 0 aromatic rings. The van der Waals surface area contributed by atoms with E-state index in [4.69, 9.17) is 4.74 Å². The number of amides is 1. The summed E-state index contributed by atoms with van der Waals surface area (Å²) in [6.07, 6.45) is 2.91. The molecule has 80 valence electrons. The predicted octanol–water partition coefficient (Wildman–Crippen LogP) is -0.109. The molecule has 4 heteroatoms. The highest BCUT2D eigenvalue weighted by Crippen LogP contribution is 2.11. The van der Waals surface area contributed by atoms with Gasteiger partial charge in [-0.3, -0.25) is 4.79 Å². The quantitative estimate of drug-likeness (QED) is 0.651. The highest BCUT2D eigenvalue weighted by Gasteiger charge is 2.25. The smallest absolute Gasteiger partial charge is 0.224 e. The Bertz CT molecular complexity index is 196. The third-order valence-electron chi connectivity index (χ3n) is 3.00. The number of hydrogen-bond donors (Lipinski definition) is 2. The maximum absolute atomic E-state index is 11.7. The Labute approximate surface area is 84.4 Å². The summed E-state index contributed by atoms with van der Waals surface area (Å²) in [5.41, 5.74) is 0. The number of carbonyl (C=O) groups is 1. The molecule has 1 amide bonds. The van der Waals surface area contributed by atoms with Gasteiger partial charge in [0, 0.05) is 25.8 Å². The van der Waals surface area contributed by atoms with E-state index in [2.05, 4.69) is 10.6 Å². The zero-order valence-electron chi connectivity index (χ0n) is 8.42. The minimum Gasteiger partial charge on any atom is -0.381 e. The lowest BCUT2D eigenvalue weighted by Gasteiger charge is -2.24. The highest BCUT2D eigenvalue weighted by molar-refractivity contribution is 5.79. The molecule has 0 aromatic heterocycles. The molecule has 2 rings (SSSR count). The third-order valence-corrected chi connectivity index (χ3v) is 3.00. The van der Waals surface area contributed by atoms with Crippen molar-refractivity contribution in [1.29, 1.82) is 0 Å². The van der Waals surface area contributed by atoms with Crippen molar-refractivity contribution in [3.63, 3.8) is 0 Å². The minimum absolute atomic E-state index is 0.192. The van der Waals surface area contributed by atoms with Gasteiger partial charge in [-0.05, 0) is 25.8 Å². The summed E-state index contributed by atoms with van der Waals surface area (Å²) in [5.74, 6) is 0.416. The van der Waals surface area contributed by atoms with E-state index >= 15 is 0 Å². The van der Waals surface area contributed by atoms with Crippen molar-refractivity contribution in [2.24, 2.45) is 5.92 Å². The van der Waals surface area contributed by atoms with Gasteiger partial charge in [-0.2, -0.15) is 0 Å². The van der Waals surface area contributed by atoms with Gasteiger partial charge in [0.05, 0.1) is 5.92 Å². The summed E-state index contributed by atoms with van der Waals surface area (Å²) in [7, 11) is 0. The van der Waals surface area contributed by atoms with Crippen LogP contribution in [-0.4, -0.2) is 38.3 Å². The van der Waals surface area contributed by atoms with E-state index in [0.717, 1.165) is 45.6 Å². The SMILES string of the molecule is O=C(NC1CCOCC1)[C@@H]1CCNC1. The summed E-state index contributed by atoms with van der Waals surface area (Å²) in [5, 5.41) is 6.31. The van der Waals surface area contributed by atoms with Gasteiger partial charge < -0.3 is 15.4 Å². The van der Waals surface area contributed by atoms with E-state index in [1.54, 1.807) is 0 Å². The van der Waals surface area contributed by atoms with Gasteiger partial charge in [-0.15, -0.1) is 0 Å². The summed E-state index contributed by atoms with van der Waals surface area (Å²) >= 11 is 0. The molecule has 1 atom stereocenters. The van der Waals surface area contributed by atoms with Gasteiger partial charge in [0.2, 0.25) is 5.91 Å². The second-order valence-corrected chi connectivity index (χ2v) is 4.08. The summed E-state index contributed by atoms with van der Waals surface area (Å²) in [4.78, 5) is 11.7. The molecular weight excluding hydrogens is 180 g/mol. The summed E-state index contributed by atoms with van der Waals surface area (Å²) < 4.78 is 5.24. The van der Waals surface area contributed by atoms with E-state index in [1.807, 2.05) is 0 Å². The maximum Gasteiger partial charge on any atom is 0.224 e. The standard InChI is InChI=1S/C10H18N2O2/c13-10(8-1-4-11-7-8)12-9-2-5-14-6-3-9/h8-9,11H,1-7H2,(H,12,13)/t8-/m1/s1. The summed E-state index contributed by atoms with van der Waals surface area (Å²) in [6.45, 7) is 3.39. The van der Waals surface area contributed by atoms with Gasteiger partial charge in [-0.25, -0.2) is 0 Å². The Morgan fingerprint density at radius 2 is 2.07 bits per heavy atom. The molecule has 2 fully saturated rings. The Morgan fingerprint density at radius 3 is 2.71 bits per heavy atom. The molecule has 2 N–H and O–H groups in total. The van der Waals surface area contributed by atoms with Crippen LogP contribution in [0.3, 0.4) is 0 Å². The molecule has 0 unspecified atom stereocenters. The fourth-order valence-corrected chi connectivity index (χ4v) is 2.04. The Balaban J connectivity index is 1.75. The molecule has 0 aliphatic carbocycles. The summed E-state index contributed by atoms with van der Waals surface area (Å²) in [6, 6.07) is 0.344. The van der Waals surface area contributed by atoms with Crippen LogP contribution in [-0.2, 0) is 9.53 Å². The van der Waals surface area contributed by atoms with Crippen LogP contribution in [0.2, 0.25) is 0 Å². The molecule has 0 saturated carbocycles. The second kappa shape index (κ2) is 4.75. The highest BCUT2D eigenvalue weighted by atomic mass is 16.5. The fourth-order valence-electron chi connectivity index (χ4n) is 2.04. The molecule has 2 saturated heterocycles. The molecule has 0 radical (unpaired) electrons. The van der Waals surface area contributed by atoms with Crippen LogP contribution in [0.1, 0.15) is 19.3 Å². The van der Waals surface area contributed by atoms with Crippen LogP contribution in [0, 0.1) is 5.92 Å². The molecule has 2 aliphatic heterocycles. The molecule has 4 nitrogen and oxygen atoms in total. The van der Waals surface area contributed by atoms with Crippen molar-refractivity contribution in [2.45, 2.75) is 25.3 Å². The average molecular weight is 198 g/mol. The first-order valence-electron chi connectivity index (χ1n) is 5.45. The van der Waals surface area contributed by atoms with Gasteiger partial charge >= 0.3 is 0 Å². The Hall–Kier alpha value is -0.610. The van der Waals surface area contributed by atoms with Gasteiger partial charge in [0.1, 0.15) is 0 Å². The topological polar surface area (TPSA) is 50.4 Å². The van der Waals surface area contributed by atoms with Gasteiger partial charge in [-0.1, -0.05) is 0 Å². The average Bonchev–Trinajstić information content (AvgIpc) is 2.72. The number of rotatable bonds is 2. The normalized spacial score (nSPS) is 29.0. The Morgan fingerprint density at radius 1 is 1.29 bits per heavy atom. The molecule has 2 heterocycles. The first kappa shape index (κ1) is 9.93. The fraction of sp³-hybridized carbons (Fsp3) is 0.900. The van der Waals surface area contributed by atoms with Crippen molar-refractivity contribution in [3.05, 3.63) is 0 Å². The van der Waals surface area contributed by atoms with Crippen molar-refractivity contribution in [3.8, 4) is 0 Å². The van der Waals surface area contributed by atoms with Crippen LogP contribution in [0.25, 0.3) is 0 Å². The largest absolute Gasteiger partial charge is 0.381 e. The van der Waals surface area contributed by atoms with Crippen molar-refractivity contribution in [1.82, 2.24) is 10.6 Å². The number of hydrogen-bond acceptors (Lipinski definition) is 3. The van der Waals surface area contributed by atoms with Crippen LogP contribution in [0.4, 0.5) is 0 Å². The lowest BCUT2D eigenvalue weighted by molar-refractivity contribution is -0.125. The van der Waals surface area contributed by atoms with Gasteiger partial charge in [0.15, 0.2) is 0 Å². The predicted molar refractivity (Wildman–Crippen MR) is 53.0 cm³/mol. The number of nitrogens with one attached hydrogen (secondary N) is 2. The van der Waals surface area contributed by atoms with Crippen LogP contribution in [0.5, 0.6) is 0 Å². The maximum atomic E-state index is 11.7. The van der Waals surface area contributed by atoms with Crippen LogP contribution < -0.4 is 10.6 Å². The zero-order valence-corrected chi connectivity index (χ0v) is 8.42. The number of carbonyl (C=O) groups excluding carboxylic acids is 1. The van der Waals surface area contributed by atoms with E-state index in [-0.39, 0.29) is 11.8 Å². The first-order chi connectivity index (χ1) is 6.86. The van der Waals surface area contributed by atoms with E-state index < -0.39 is 0 Å². The second-order valence-electron chi connectivity index (χ2n) is 4.08. The monoisotopic (exact) mass is 198 g/mol. The number of ether oxygens (including phenoxy) is 1. The van der Waals surface area contributed by atoms with Crippen LogP contribution in [0.15, 0.2) is 0 Å². The van der Waals surface area contributed by atoms with Crippen molar-refractivity contribution < 1.29 is 9.53 Å². The van der Waals surface area contributed by atoms with E-state index in [9.17, 15) is 4.79 Å². The van der Waals surface area contributed by atoms with Crippen molar-refractivity contribution in [2.75, 3.05) is 26.3 Å². The molecule has 0 spiro atoms. The molecule has 0 bridgehead atoms. The van der Waals surface area contributed by atoms with E-state index in [0.29, 0.717) is 6.04 Å². The van der Waals surface area contributed by atoms with Gasteiger partial charge in [0.25, 0.3) is 0 Å². The molecule has 14 heavy (non-hydrogen) atoms. The van der Waals surface area contributed by atoms with E-state index in [1.165, 1.54) is 0 Å². The zero-order chi connectivity index (χ0) is 9.80. The lowest BCUT2D eigenvalue weighted by Crippen LogP contribution is -2.42. The van der Waals surface area contributed by atoms with Crippen molar-refractivity contribution >= 4 is 5.91 Å².